The van der Waals surface area contributed by atoms with Crippen molar-refractivity contribution >= 4 is 17.6 Å². The van der Waals surface area contributed by atoms with Crippen molar-refractivity contribution in [3.8, 4) is 11.5 Å². The molecule has 0 heterocycles. The Morgan fingerprint density at radius 3 is 2.45 bits per heavy atom. The van der Waals surface area contributed by atoms with E-state index < -0.39 is 5.97 Å². The summed E-state index contributed by atoms with van der Waals surface area (Å²) in [6.07, 6.45) is 1.16. The molecule has 1 aromatic carbocycles. The monoisotopic (exact) mass is 300 g/mol. The third-order valence-corrected chi connectivity index (χ3v) is 3.61. The van der Waals surface area contributed by atoms with E-state index in [-0.39, 0.29) is 12.3 Å². The molecular weight excluding hydrogens is 280 g/mol. The number of ether oxygens (including phenoxy) is 2. The molecule has 20 heavy (non-hydrogen) atoms. The molecule has 0 radical (unpaired) electrons. The van der Waals surface area contributed by atoms with E-state index in [0.717, 1.165) is 11.1 Å². The van der Waals surface area contributed by atoms with Crippen molar-refractivity contribution in [2.75, 3.05) is 14.2 Å². The van der Waals surface area contributed by atoms with Crippen LogP contribution < -0.4 is 9.47 Å². The van der Waals surface area contributed by atoms with Crippen LogP contribution in [-0.4, -0.2) is 25.3 Å². The molecule has 0 atom stereocenters. The van der Waals surface area contributed by atoms with E-state index in [2.05, 4.69) is 0 Å². The van der Waals surface area contributed by atoms with Gasteiger partial charge in [0.15, 0.2) is 11.5 Å². The fourth-order valence-electron chi connectivity index (χ4n) is 2.13. The summed E-state index contributed by atoms with van der Waals surface area (Å²) in [7, 11) is 3.14. The third kappa shape index (κ3) is 3.79. The zero-order chi connectivity index (χ0) is 15.3. The van der Waals surface area contributed by atoms with Crippen LogP contribution in [0.4, 0.5) is 0 Å². The second-order valence-electron chi connectivity index (χ2n) is 4.90. The summed E-state index contributed by atoms with van der Waals surface area (Å²) in [6, 6.07) is 1.88. The van der Waals surface area contributed by atoms with Crippen molar-refractivity contribution in [1.82, 2.24) is 0 Å². The van der Waals surface area contributed by atoms with Gasteiger partial charge in [-0.05, 0) is 30.4 Å². The van der Waals surface area contributed by atoms with Crippen LogP contribution in [0.25, 0.3) is 0 Å². The largest absolute Gasteiger partial charge is 0.493 e. The van der Waals surface area contributed by atoms with Crippen molar-refractivity contribution in [2.24, 2.45) is 0 Å². The Labute approximate surface area is 124 Å². The Morgan fingerprint density at radius 2 is 2.00 bits per heavy atom. The van der Waals surface area contributed by atoms with Gasteiger partial charge in [-0.3, -0.25) is 4.79 Å². The number of carboxylic acids is 1. The molecule has 1 rings (SSSR count). The zero-order valence-electron chi connectivity index (χ0n) is 12.3. The lowest BCUT2D eigenvalue weighted by Gasteiger charge is -2.19. The summed E-state index contributed by atoms with van der Waals surface area (Å²) in [5.74, 6) is 0.658. The Kier molecular flexibility index (Phi) is 6.14. The lowest BCUT2D eigenvalue weighted by atomic mass is 9.96. The molecule has 1 aromatic rings. The number of carbonyl (C=O) groups is 1. The maximum atomic E-state index is 10.6. The van der Waals surface area contributed by atoms with Crippen LogP contribution in [0.3, 0.4) is 0 Å². The van der Waals surface area contributed by atoms with Gasteiger partial charge in [-0.15, -0.1) is 0 Å². The average molecular weight is 301 g/mol. The highest BCUT2D eigenvalue weighted by Crippen LogP contribution is 2.41. The van der Waals surface area contributed by atoms with E-state index in [4.69, 9.17) is 26.2 Å². The smallest absolute Gasteiger partial charge is 0.303 e. The molecule has 0 aliphatic heterocycles. The number of hydrogen-bond acceptors (Lipinski definition) is 3. The highest BCUT2D eigenvalue weighted by Gasteiger charge is 2.19. The molecule has 0 aliphatic carbocycles. The number of aliphatic carboxylic acids is 1. The van der Waals surface area contributed by atoms with Crippen LogP contribution in [0.2, 0.25) is 5.02 Å². The Hall–Kier alpha value is -1.42. The minimum atomic E-state index is -0.813. The number of methoxy groups -OCH3 is 2. The normalized spacial score (nSPS) is 10.7. The molecule has 0 saturated heterocycles. The molecule has 0 bridgehead atoms. The molecule has 0 amide bonds. The molecule has 0 fully saturated rings. The summed E-state index contributed by atoms with van der Waals surface area (Å²) >= 11 is 6.45. The fraction of sp³-hybridized carbons (Fsp3) is 0.533. The molecule has 0 spiro atoms. The van der Waals surface area contributed by atoms with Crippen molar-refractivity contribution in [3.63, 3.8) is 0 Å². The number of carboxylic acid groups (broad SMARTS) is 1. The van der Waals surface area contributed by atoms with Gasteiger partial charge in [0.05, 0.1) is 19.2 Å². The van der Waals surface area contributed by atoms with Gasteiger partial charge in [0.1, 0.15) is 0 Å². The van der Waals surface area contributed by atoms with Crippen LogP contribution >= 0.6 is 11.6 Å². The average Bonchev–Trinajstić information content (AvgIpc) is 2.39. The van der Waals surface area contributed by atoms with Crippen LogP contribution in [0, 0.1) is 0 Å². The first-order valence-corrected chi connectivity index (χ1v) is 6.95. The minimum Gasteiger partial charge on any atom is -0.493 e. The predicted octanol–water partition coefficient (Wildman–Crippen LogP) is 3.89. The Bertz CT molecular complexity index is 483. The van der Waals surface area contributed by atoms with Crippen LogP contribution in [0.5, 0.6) is 11.5 Å². The fourth-order valence-corrected chi connectivity index (χ4v) is 2.58. The van der Waals surface area contributed by atoms with E-state index in [1.165, 1.54) is 0 Å². The topological polar surface area (TPSA) is 55.8 Å². The van der Waals surface area contributed by atoms with E-state index in [0.29, 0.717) is 29.4 Å². The van der Waals surface area contributed by atoms with E-state index in [1.54, 1.807) is 14.2 Å². The van der Waals surface area contributed by atoms with E-state index >= 15 is 0 Å². The van der Waals surface area contributed by atoms with Crippen LogP contribution in [-0.2, 0) is 11.2 Å². The predicted molar refractivity (Wildman–Crippen MR) is 79.2 cm³/mol. The van der Waals surface area contributed by atoms with Crippen molar-refractivity contribution < 1.29 is 19.4 Å². The van der Waals surface area contributed by atoms with E-state index in [9.17, 15) is 4.79 Å². The van der Waals surface area contributed by atoms with Gasteiger partial charge in [0.25, 0.3) is 0 Å². The number of rotatable bonds is 7. The van der Waals surface area contributed by atoms with Crippen molar-refractivity contribution in [2.45, 2.75) is 39.0 Å². The number of benzene rings is 1. The van der Waals surface area contributed by atoms with Crippen molar-refractivity contribution in [1.29, 1.82) is 0 Å². The van der Waals surface area contributed by atoms with Crippen molar-refractivity contribution in [3.05, 3.63) is 22.2 Å². The molecule has 1 N–H and O–H groups in total. The SMILES string of the molecule is COc1cc(C(C)C)c(Cl)c(CCCC(=O)O)c1OC. The number of hydrogen-bond donors (Lipinski definition) is 1. The van der Waals surface area contributed by atoms with Gasteiger partial charge in [-0.25, -0.2) is 0 Å². The Morgan fingerprint density at radius 1 is 1.35 bits per heavy atom. The summed E-state index contributed by atoms with van der Waals surface area (Å²) in [6.45, 7) is 4.10. The first-order chi connectivity index (χ1) is 9.42. The summed E-state index contributed by atoms with van der Waals surface area (Å²) in [5.41, 5.74) is 1.80. The number of halogens is 1. The standard InChI is InChI=1S/C15H21ClO4/c1-9(2)11-8-12(19-3)15(20-4)10(14(11)16)6-5-7-13(17)18/h8-9H,5-7H2,1-4H3,(H,17,18). The zero-order valence-corrected chi connectivity index (χ0v) is 13.1. The van der Waals surface area contributed by atoms with E-state index in [1.807, 2.05) is 19.9 Å². The minimum absolute atomic E-state index is 0.105. The second kappa shape index (κ2) is 7.39. The molecular formula is C15H21ClO4. The molecule has 112 valence electrons. The van der Waals surface area contributed by atoms with Crippen LogP contribution in [0.1, 0.15) is 43.7 Å². The highest BCUT2D eigenvalue weighted by atomic mass is 35.5. The molecule has 4 nitrogen and oxygen atoms in total. The summed E-state index contributed by atoms with van der Waals surface area (Å²) in [5, 5.41) is 9.38. The maximum Gasteiger partial charge on any atom is 0.303 e. The lowest BCUT2D eigenvalue weighted by molar-refractivity contribution is -0.137. The second-order valence-corrected chi connectivity index (χ2v) is 5.27. The molecule has 0 aromatic heterocycles. The summed E-state index contributed by atoms with van der Waals surface area (Å²) in [4.78, 5) is 10.6. The molecule has 5 heteroatoms. The Balaban J connectivity index is 3.22. The van der Waals surface area contributed by atoms with Gasteiger partial charge in [-0.1, -0.05) is 25.4 Å². The first kappa shape index (κ1) is 16.6. The maximum absolute atomic E-state index is 10.6. The highest BCUT2D eigenvalue weighted by molar-refractivity contribution is 6.32. The van der Waals surface area contributed by atoms with Gasteiger partial charge in [0.2, 0.25) is 0 Å². The third-order valence-electron chi connectivity index (χ3n) is 3.17. The summed E-state index contributed by atoms with van der Waals surface area (Å²) < 4.78 is 10.7. The lowest BCUT2D eigenvalue weighted by Crippen LogP contribution is -2.03. The van der Waals surface area contributed by atoms with Gasteiger partial charge >= 0.3 is 5.97 Å². The van der Waals surface area contributed by atoms with Gasteiger partial charge in [-0.2, -0.15) is 0 Å². The molecule has 0 unspecified atom stereocenters. The van der Waals surface area contributed by atoms with Gasteiger partial charge < -0.3 is 14.6 Å². The van der Waals surface area contributed by atoms with Crippen LogP contribution in [0.15, 0.2) is 6.07 Å². The molecule has 0 saturated carbocycles. The van der Waals surface area contributed by atoms with Gasteiger partial charge in [0, 0.05) is 12.0 Å². The quantitative estimate of drug-likeness (QED) is 0.830. The first-order valence-electron chi connectivity index (χ1n) is 6.57. The molecule has 0 aliphatic rings.